The number of rotatable bonds is 4. The summed E-state index contributed by atoms with van der Waals surface area (Å²) in [5, 5.41) is 4.46. The highest BCUT2D eigenvalue weighted by atomic mass is 16.5. The van der Waals surface area contributed by atoms with Crippen molar-refractivity contribution in [3.8, 4) is 0 Å². The van der Waals surface area contributed by atoms with Crippen molar-refractivity contribution in [3.05, 3.63) is 54.4 Å². The van der Waals surface area contributed by atoms with E-state index in [0.29, 0.717) is 6.04 Å². The Balaban J connectivity index is 1.45. The number of methoxy groups -OCH3 is 1. The predicted octanol–water partition coefficient (Wildman–Crippen LogP) is 2.98. The molecule has 4 heteroatoms. The summed E-state index contributed by atoms with van der Waals surface area (Å²) in [7, 11) is 1.85. The summed E-state index contributed by atoms with van der Waals surface area (Å²) in [4.78, 5) is 2.61. The molecule has 0 spiro atoms. The van der Waals surface area contributed by atoms with E-state index in [9.17, 15) is 0 Å². The van der Waals surface area contributed by atoms with Gasteiger partial charge in [-0.15, -0.1) is 0 Å². The lowest BCUT2D eigenvalue weighted by Crippen LogP contribution is -2.37. The van der Waals surface area contributed by atoms with E-state index in [1.807, 2.05) is 19.4 Å². The van der Waals surface area contributed by atoms with Gasteiger partial charge in [-0.25, -0.2) is 0 Å². The van der Waals surface area contributed by atoms with Gasteiger partial charge in [-0.05, 0) is 36.3 Å². The van der Waals surface area contributed by atoms with Gasteiger partial charge in [0.15, 0.2) is 0 Å². The molecule has 0 amide bonds. The summed E-state index contributed by atoms with van der Waals surface area (Å²) in [5.41, 5.74) is 1.41. The van der Waals surface area contributed by atoms with Crippen LogP contribution in [0.4, 0.5) is 0 Å². The van der Waals surface area contributed by atoms with E-state index < -0.39 is 0 Å². The summed E-state index contributed by atoms with van der Waals surface area (Å²) in [6, 6.07) is 13.2. The molecule has 122 valence electrons. The maximum Gasteiger partial charge on any atom is 0.0798 e. The van der Waals surface area contributed by atoms with E-state index in [2.05, 4.69) is 51.2 Å². The standard InChI is InChI=1S/C19H25N3O/c1-23-19-11-17-14-21(12-15-6-3-2-4-7-15)13-16(17)10-18(19)22-9-5-8-20-22/h2-9,16-19H,10-14H2,1H3/t16-,17+,18-,19-/m0/s1. The van der Waals surface area contributed by atoms with Gasteiger partial charge in [0, 0.05) is 39.1 Å². The van der Waals surface area contributed by atoms with Gasteiger partial charge >= 0.3 is 0 Å². The molecule has 23 heavy (non-hydrogen) atoms. The van der Waals surface area contributed by atoms with Gasteiger partial charge in [0.2, 0.25) is 0 Å². The van der Waals surface area contributed by atoms with Gasteiger partial charge in [-0.3, -0.25) is 9.58 Å². The molecule has 0 bridgehead atoms. The van der Waals surface area contributed by atoms with Crippen LogP contribution in [0.5, 0.6) is 0 Å². The molecule has 0 unspecified atom stereocenters. The Morgan fingerprint density at radius 2 is 1.87 bits per heavy atom. The lowest BCUT2D eigenvalue weighted by molar-refractivity contribution is -0.00486. The van der Waals surface area contributed by atoms with Crippen LogP contribution in [0.2, 0.25) is 0 Å². The summed E-state index contributed by atoms with van der Waals surface area (Å²) in [6.45, 7) is 3.47. The first-order chi connectivity index (χ1) is 11.3. The molecule has 4 rings (SSSR count). The zero-order valence-electron chi connectivity index (χ0n) is 13.7. The van der Waals surface area contributed by atoms with Gasteiger partial charge in [-0.2, -0.15) is 5.10 Å². The van der Waals surface area contributed by atoms with Gasteiger partial charge < -0.3 is 4.74 Å². The number of ether oxygens (including phenoxy) is 1. The van der Waals surface area contributed by atoms with Crippen LogP contribution in [0, 0.1) is 11.8 Å². The Hall–Kier alpha value is -1.65. The molecule has 1 aromatic heterocycles. The molecule has 2 aliphatic rings. The number of fused-ring (bicyclic) bond motifs is 1. The molecule has 4 nitrogen and oxygen atoms in total. The summed E-state index contributed by atoms with van der Waals surface area (Å²) in [6.07, 6.45) is 6.56. The quantitative estimate of drug-likeness (QED) is 0.869. The van der Waals surface area contributed by atoms with Crippen LogP contribution < -0.4 is 0 Å². The van der Waals surface area contributed by atoms with Crippen molar-refractivity contribution in [2.75, 3.05) is 20.2 Å². The van der Waals surface area contributed by atoms with E-state index in [4.69, 9.17) is 4.74 Å². The number of hydrogen-bond donors (Lipinski definition) is 0. The molecule has 2 fully saturated rings. The molecule has 4 atom stereocenters. The Labute approximate surface area is 138 Å². The minimum absolute atomic E-state index is 0.285. The normalized spacial score (nSPS) is 31.2. The van der Waals surface area contributed by atoms with E-state index >= 15 is 0 Å². The molecule has 0 radical (unpaired) electrons. The minimum Gasteiger partial charge on any atom is -0.379 e. The lowest BCUT2D eigenvalue weighted by Gasteiger charge is -2.37. The Morgan fingerprint density at radius 1 is 1.09 bits per heavy atom. The summed E-state index contributed by atoms with van der Waals surface area (Å²) >= 11 is 0. The molecular formula is C19H25N3O. The third-order valence-electron chi connectivity index (χ3n) is 5.58. The fourth-order valence-corrected chi connectivity index (χ4v) is 4.47. The summed E-state index contributed by atoms with van der Waals surface area (Å²) in [5.74, 6) is 1.52. The SMILES string of the molecule is CO[C@H]1C[C@@H]2CN(Cc3ccccc3)C[C@@H]2C[C@@H]1n1cccn1. The molecule has 2 aromatic rings. The lowest BCUT2D eigenvalue weighted by atomic mass is 9.77. The molecule has 0 N–H and O–H groups in total. The van der Waals surface area contributed by atoms with Gasteiger partial charge in [0.1, 0.15) is 0 Å². The maximum atomic E-state index is 5.81. The number of hydrogen-bond acceptors (Lipinski definition) is 3. The third kappa shape index (κ3) is 3.06. The largest absolute Gasteiger partial charge is 0.379 e. The van der Waals surface area contributed by atoms with E-state index in [1.54, 1.807) is 0 Å². The maximum absolute atomic E-state index is 5.81. The third-order valence-corrected chi connectivity index (χ3v) is 5.58. The average Bonchev–Trinajstić information content (AvgIpc) is 3.23. The molecule has 1 aliphatic carbocycles. The molecule has 1 aromatic carbocycles. The van der Waals surface area contributed by atoms with Gasteiger partial charge in [0.05, 0.1) is 12.1 Å². The van der Waals surface area contributed by atoms with Crippen LogP contribution in [0.25, 0.3) is 0 Å². The Morgan fingerprint density at radius 3 is 2.57 bits per heavy atom. The van der Waals surface area contributed by atoms with Crippen molar-refractivity contribution >= 4 is 0 Å². The highest BCUT2D eigenvalue weighted by Crippen LogP contribution is 2.42. The van der Waals surface area contributed by atoms with Crippen LogP contribution in [0.1, 0.15) is 24.4 Å². The van der Waals surface area contributed by atoms with Crippen molar-refractivity contribution < 1.29 is 4.74 Å². The van der Waals surface area contributed by atoms with Crippen LogP contribution in [0.3, 0.4) is 0 Å². The highest BCUT2D eigenvalue weighted by molar-refractivity contribution is 5.15. The number of aromatic nitrogens is 2. The Kier molecular flexibility index (Phi) is 4.19. The molecule has 2 heterocycles. The number of nitrogens with zero attached hydrogens (tertiary/aromatic N) is 3. The monoisotopic (exact) mass is 311 g/mol. The van der Waals surface area contributed by atoms with Crippen molar-refractivity contribution in [2.24, 2.45) is 11.8 Å². The van der Waals surface area contributed by atoms with Crippen LogP contribution >= 0.6 is 0 Å². The first-order valence-electron chi connectivity index (χ1n) is 8.61. The predicted molar refractivity (Wildman–Crippen MR) is 90.0 cm³/mol. The summed E-state index contributed by atoms with van der Waals surface area (Å²) < 4.78 is 7.91. The number of likely N-dealkylation sites (tertiary alicyclic amines) is 1. The van der Waals surface area contributed by atoms with E-state index in [0.717, 1.165) is 24.8 Å². The average molecular weight is 311 g/mol. The highest BCUT2D eigenvalue weighted by Gasteiger charge is 2.43. The molecule has 1 saturated carbocycles. The molecular weight excluding hydrogens is 286 g/mol. The van der Waals surface area contributed by atoms with Crippen molar-refractivity contribution in [3.63, 3.8) is 0 Å². The van der Waals surface area contributed by atoms with Gasteiger partial charge in [0.25, 0.3) is 0 Å². The fraction of sp³-hybridized carbons (Fsp3) is 0.526. The molecule has 1 aliphatic heterocycles. The fourth-order valence-electron chi connectivity index (χ4n) is 4.47. The first-order valence-corrected chi connectivity index (χ1v) is 8.61. The Bertz CT molecular complexity index is 613. The van der Waals surface area contributed by atoms with Crippen molar-refractivity contribution in [2.45, 2.75) is 31.5 Å². The zero-order chi connectivity index (χ0) is 15.6. The second kappa shape index (κ2) is 6.46. The minimum atomic E-state index is 0.285. The van der Waals surface area contributed by atoms with Gasteiger partial charge in [-0.1, -0.05) is 30.3 Å². The second-order valence-corrected chi connectivity index (χ2v) is 7.00. The smallest absolute Gasteiger partial charge is 0.0798 e. The molecule has 1 saturated heterocycles. The number of benzene rings is 1. The van der Waals surface area contributed by atoms with Crippen molar-refractivity contribution in [1.29, 1.82) is 0 Å². The van der Waals surface area contributed by atoms with Crippen molar-refractivity contribution in [1.82, 2.24) is 14.7 Å². The van der Waals surface area contributed by atoms with Crippen LogP contribution in [-0.2, 0) is 11.3 Å². The van der Waals surface area contributed by atoms with Crippen LogP contribution in [0.15, 0.2) is 48.8 Å². The van der Waals surface area contributed by atoms with E-state index in [-0.39, 0.29) is 6.10 Å². The second-order valence-electron chi connectivity index (χ2n) is 7.00. The van der Waals surface area contributed by atoms with Crippen LogP contribution in [-0.4, -0.2) is 41.0 Å². The zero-order valence-corrected chi connectivity index (χ0v) is 13.7. The first kappa shape index (κ1) is 14.9. The van der Waals surface area contributed by atoms with E-state index in [1.165, 1.54) is 25.1 Å². The topological polar surface area (TPSA) is 30.3 Å².